The van der Waals surface area contributed by atoms with Gasteiger partial charge in [-0.15, -0.1) is 0 Å². The topological polar surface area (TPSA) is 0 Å². The lowest BCUT2D eigenvalue weighted by molar-refractivity contribution is 0.647. The van der Waals surface area contributed by atoms with Gasteiger partial charge in [0.1, 0.15) is 0 Å². The van der Waals surface area contributed by atoms with Gasteiger partial charge < -0.3 is 0 Å². The summed E-state index contributed by atoms with van der Waals surface area (Å²) in [6.45, 7) is 9.01. The Labute approximate surface area is 100 Å². The van der Waals surface area contributed by atoms with Crippen LogP contribution >= 0.6 is 0 Å². The molecule has 0 atom stereocenters. The summed E-state index contributed by atoms with van der Waals surface area (Å²) in [7, 11) is 0. The van der Waals surface area contributed by atoms with Gasteiger partial charge >= 0.3 is 0 Å². The second kappa shape index (κ2) is 6.52. The Balaban J connectivity index is 2.54. The summed E-state index contributed by atoms with van der Waals surface area (Å²) in [6.07, 6.45) is 6.82. The van der Waals surface area contributed by atoms with Crippen LogP contribution in [-0.2, 0) is 6.42 Å². The molecule has 0 heteroatoms. The average molecular weight is 216 g/mol. The second-order valence-electron chi connectivity index (χ2n) is 5.37. The molecule has 16 heavy (non-hydrogen) atoms. The van der Waals surface area contributed by atoms with E-state index < -0.39 is 0 Å². The summed E-state index contributed by atoms with van der Waals surface area (Å²) in [5.41, 5.74) is 2.75. The molecule has 0 aliphatic heterocycles. The number of benzene rings is 1. The molecule has 0 bridgehead atoms. The Morgan fingerprint density at radius 2 is 1.56 bits per heavy atom. The SMILES string of the molecule is CC(C)C/C=C/c1ccc(CC(C)C)cc1. The molecule has 0 saturated heterocycles. The first-order valence-corrected chi connectivity index (χ1v) is 6.33. The molecule has 1 aromatic rings. The fourth-order valence-electron chi connectivity index (χ4n) is 1.71. The van der Waals surface area contributed by atoms with Gasteiger partial charge in [0.2, 0.25) is 0 Å². The van der Waals surface area contributed by atoms with E-state index in [1.54, 1.807) is 0 Å². The molecular formula is C16H24. The summed E-state index contributed by atoms with van der Waals surface area (Å²) in [6, 6.07) is 8.92. The highest BCUT2D eigenvalue weighted by atomic mass is 14.0. The molecule has 0 spiro atoms. The van der Waals surface area contributed by atoms with Crippen molar-refractivity contribution in [2.75, 3.05) is 0 Å². The van der Waals surface area contributed by atoms with E-state index in [2.05, 4.69) is 64.1 Å². The zero-order valence-corrected chi connectivity index (χ0v) is 11.0. The summed E-state index contributed by atoms with van der Waals surface area (Å²) < 4.78 is 0. The van der Waals surface area contributed by atoms with Gasteiger partial charge in [-0.2, -0.15) is 0 Å². The Bertz CT molecular complexity index is 314. The number of hydrogen-bond donors (Lipinski definition) is 0. The van der Waals surface area contributed by atoms with Crippen LogP contribution < -0.4 is 0 Å². The predicted octanol–water partition coefficient (Wildman–Crippen LogP) is 4.94. The van der Waals surface area contributed by atoms with E-state index in [-0.39, 0.29) is 0 Å². The summed E-state index contributed by atoms with van der Waals surface area (Å²) in [5, 5.41) is 0. The normalized spacial score (nSPS) is 11.9. The maximum absolute atomic E-state index is 2.27. The molecule has 0 nitrogen and oxygen atoms in total. The Morgan fingerprint density at radius 1 is 0.938 bits per heavy atom. The van der Waals surface area contributed by atoms with Gasteiger partial charge in [0.05, 0.1) is 0 Å². The first-order chi connectivity index (χ1) is 7.58. The lowest BCUT2D eigenvalue weighted by Crippen LogP contribution is -1.93. The lowest BCUT2D eigenvalue weighted by Gasteiger charge is -2.04. The van der Waals surface area contributed by atoms with Crippen LogP contribution in [-0.4, -0.2) is 0 Å². The minimum atomic E-state index is 0.738. The van der Waals surface area contributed by atoms with E-state index in [9.17, 15) is 0 Å². The van der Waals surface area contributed by atoms with Crippen LogP contribution in [0.25, 0.3) is 6.08 Å². The molecule has 0 unspecified atom stereocenters. The maximum Gasteiger partial charge on any atom is -0.0256 e. The van der Waals surface area contributed by atoms with Gasteiger partial charge in [-0.25, -0.2) is 0 Å². The van der Waals surface area contributed by atoms with Gasteiger partial charge in [-0.3, -0.25) is 0 Å². The Morgan fingerprint density at radius 3 is 2.06 bits per heavy atom. The van der Waals surface area contributed by atoms with Crippen LogP contribution in [0.5, 0.6) is 0 Å². The molecule has 0 heterocycles. The molecule has 0 radical (unpaired) electrons. The van der Waals surface area contributed by atoms with Crippen molar-refractivity contribution in [3.63, 3.8) is 0 Å². The number of rotatable bonds is 5. The van der Waals surface area contributed by atoms with Crippen molar-refractivity contribution in [1.82, 2.24) is 0 Å². The van der Waals surface area contributed by atoms with Crippen LogP contribution in [0.3, 0.4) is 0 Å². The van der Waals surface area contributed by atoms with Gasteiger partial charge in [0, 0.05) is 0 Å². The zero-order valence-electron chi connectivity index (χ0n) is 11.0. The highest BCUT2D eigenvalue weighted by Gasteiger charge is 1.96. The molecule has 1 rings (SSSR count). The zero-order chi connectivity index (χ0) is 12.0. The monoisotopic (exact) mass is 216 g/mol. The van der Waals surface area contributed by atoms with Crippen molar-refractivity contribution in [3.05, 3.63) is 41.5 Å². The second-order valence-corrected chi connectivity index (χ2v) is 5.37. The fraction of sp³-hybridized carbons (Fsp3) is 0.500. The van der Waals surface area contributed by atoms with Gasteiger partial charge in [-0.1, -0.05) is 64.1 Å². The van der Waals surface area contributed by atoms with Crippen LogP contribution in [0, 0.1) is 11.8 Å². The molecule has 0 aliphatic rings. The van der Waals surface area contributed by atoms with Crippen LogP contribution in [0.4, 0.5) is 0 Å². The smallest absolute Gasteiger partial charge is 0.0256 e. The molecule has 0 fully saturated rings. The van der Waals surface area contributed by atoms with E-state index in [0.29, 0.717) is 0 Å². The van der Waals surface area contributed by atoms with Crippen molar-refractivity contribution < 1.29 is 0 Å². The lowest BCUT2D eigenvalue weighted by atomic mass is 10.0. The van der Waals surface area contributed by atoms with Gasteiger partial charge in [-0.05, 0) is 35.8 Å². The largest absolute Gasteiger partial charge is 0.0837 e. The fourth-order valence-corrected chi connectivity index (χ4v) is 1.71. The van der Waals surface area contributed by atoms with E-state index >= 15 is 0 Å². The van der Waals surface area contributed by atoms with E-state index in [1.807, 2.05) is 0 Å². The quantitative estimate of drug-likeness (QED) is 0.653. The van der Waals surface area contributed by atoms with Crippen LogP contribution in [0.1, 0.15) is 45.2 Å². The van der Waals surface area contributed by atoms with Crippen molar-refractivity contribution in [1.29, 1.82) is 0 Å². The maximum atomic E-state index is 2.27. The molecule has 88 valence electrons. The summed E-state index contributed by atoms with van der Waals surface area (Å²) in [5.74, 6) is 1.48. The Kier molecular flexibility index (Phi) is 5.31. The summed E-state index contributed by atoms with van der Waals surface area (Å²) in [4.78, 5) is 0. The molecular weight excluding hydrogens is 192 g/mol. The molecule has 0 aliphatic carbocycles. The third-order valence-electron chi connectivity index (χ3n) is 2.54. The molecule has 1 aromatic carbocycles. The van der Waals surface area contributed by atoms with Crippen molar-refractivity contribution in [3.8, 4) is 0 Å². The van der Waals surface area contributed by atoms with Crippen molar-refractivity contribution in [2.24, 2.45) is 11.8 Å². The van der Waals surface area contributed by atoms with E-state index in [4.69, 9.17) is 0 Å². The van der Waals surface area contributed by atoms with Crippen molar-refractivity contribution in [2.45, 2.75) is 40.5 Å². The van der Waals surface area contributed by atoms with Crippen molar-refractivity contribution >= 4 is 6.08 Å². The molecule has 0 N–H and O–H groups in total. The third kappa shape index (κ3) is 5.16. The highest BCUT2D eigenvalue weighted by molar-refractivity contribution is 5.49. The number of hydrogen-bond acceptors (Lipinski definition) is 0. The molecule has 0 aromatic heterocycles. The predicted molar refractivity (Wildman–Crippen MR) is 73.5 cm³/mol. The van der Waals surface area contributed by atoms with E-state index in [1.165, 1.54) is 17.5 Å². The van der Waals surface area contributed by atoms with Crippen LogP contribution in [0.2, 0.25) is 0 Å². The molecule has 0 saturated carbocycles. The standard InChI is InChI=1S/C16H24/c1-13(2)6-5-7-15-8-10-16(11-9-15)12-14(3)4/h5,7-11,13-14H,6,12H2,1-4H3/b7-5+. The average Bonchev–Trinajstić information content (AvgIpc) is 2.19. The van der Waals surface area contributed by atoms with E-state index in [0.717, 1.165) is 18.3 Å². The summed E-state index contributed by atoms with van der Waals surface area (Å²) >= 11 is 0. The first-order valence-electron chi connectivity index (χ1n) is 6.33. The number of allylic oxidation sites excluding steroid dienone is 1. The minimum absolute atomic E-state index is 0.738. The minimum Gasteiger partial charge on any atom is -0.0837 e. The molecule has 0 amide bonds. The first kappa shape index (κ1) is 13.0. The Hall–Kier alpha value is -1.04. The highest BCUT2D eigenvalue weighted by Crippen LogP contribution is 2.11. The van der Waals surface area contributed by atoms with Gasteiger partial charge in [0.25, 0.3) is 0 Å². The van der Waals surface area contributed by atoms with Crippen LogP contribution in [0.15, 0.2) is 30.3 Å². The van der Waals surface area contributed by atoms with Gasteiger partial charge in [0.15, 0.2) is 0 Å². The third-order valence-corrected chi connectivity index (χ3v) is 2.54.